The average molecular weight is 318 g/mol. The fraction of sp³-hybridized carbons (Fsp3) is 0.400. The lowest BCUT2D eigenvalue weighted by molar-refractivity contribution is 0.590. The van der Waals surface area contributed by atoms with Gasteiger partial charge in [-0.1, -0.05) is 6.92 Å². The topological polar surface area (TPSA) is 37.8 Å². The van der Waals surface area contributed by atoms with Gasteiger partial charge in [0.25, 0.3) is 0 Å². The van der Waals surface area contributed by atoms with E-state index in [0.717, 1.165) is 23.1 Å². The van der Waals surface area contributed by atoms with Gasteiger partial charge in [0.05, 0.1) is 29.7 Å². The van der Waals surface area contributed by atoms with Crippen LogP contribution in [0.15, 0.2) is 21.4 Å². The molecule has 0 saturated carbocycles. The summed E-state index contributed by atoms with van der Waals surface area (Å²) < 4.78 is 9.53. The van der Waals surface area contributed by atoms with Gasteiger partial charge >= 0.3 is 0 Å². The van der Waals surface area contributed by atoms with Gasteiger partial charge in [-0.15, -0.1) is 0 Å². The Morgan fingerprint density at radius 1 is 1.50 bits per heavy atom. The van der Waals surface area contributed by atoms with Gasteiger partial charge < -0.3 is 5.32 Å². The van der Waals surface area contributed by atoms with E-state index in [-0.39, 0.29) is 6.04 Å². The molecule has 0 aliphatic heterocycles. The maximum atomic E-state index is 4.32. The number of hydrogen-bond acceptors (Lipinski definition) is 5. The van der Waals surface area contributed by atoms with Crippen LogP contribution >= 0.6 is 39.0 Å². The van der Waals surface area contributed by atoms with Gasteiger partial charge in [-0.25, -0.2) is 0 Å². The molecule has 0 bridgehead atoms. The molecule has 3 nitrogen and oxygen atoms in total. The summed E-state index contributed by atoms with van der Waals surface area (Å²) >= 11 is 6.52. The lowest BCUT2D eigenvalue weighted by atomic mass is 10.1. The zero-order valence-electron chi connectivity index (χ0n) is 8.81. The molecule has 0 aliphatic carbocycles. The summed E-state index contributed by atoms with van der Waals surface area (Å²) in [6, 6.07) is 0.152. The highest BCUT2D eigenvalue weighted by Crippen LogP contribution is 2.30. The van der Waals surface area contributed by atoms with Crippen molar-refractivity contribution in [3.63, 3.8) is 0 Å². The standard InChI is InChI=1S/C10H12BrN3S2/c1-2-3-12-10(9-4-13-16-14-9)7-5-15-6-8(7)11/h4-6,10,12H,2-3H2,1H3. The van der Waals surface area contributed by atoms with Gasteiger partial charge in [0.2, 0.25) is 0 Å². The molecular formula is C10H12BrN3S2. The molecule has 2 aromatic heterocycles. The molecule has 1 unspecified atom stereocenters. The number of nitrogens with zero attached hydrogens (tertiary/aromatic N) is 2. The second-order valence-electron chi connectivity index (χ2n) is 3.39. The Labute approximate surface area is 111 Å². The van der Waals surface area contributed by atoms with Gasteiger partial charge in [0, 0.05) is 15.4 Å². The molecule has 6 heteroatoms. The average Bonchev–Trinajstić information content (AvgIpc) is 2.91. The zero-order valence-corrected chi connectivity index (χ0v) is 12.0. The Bertz CT molecular complexity index is 427. The van der Waals surface area contributed by atoms with E-state index in [2.05, 4.69) is 47.7 Å². The van der Waals surface area contributed by atoms with E-state index < -0.39 is 0 Å². The van der Waals surface area contributed by atoms with Crippen molar-refractivity contribution < 1.29 is 0 Å². The van der Waals surface area contributed by atoms with Crippen molar-refractivity contribution in [1.82, 2.24) is 14.1 Å². The van der Waals surface area contributed by atoms with Crippen molar-refractivity contribution >= 4 is 39.0 Å². The minimum Gasteiger partial charge on any atom is -0.305 e. The van der Waals surface area contributed by atoms with E-state index in [9.17, 15) is 0 Å². The largest absolute Gasteiger partial charge is 0.305 e. The van der Waals surface area contributed by atoms with Crippen molar-refractivity contribution in [3.8, 4) is 0 Å². The highest BCUT2D eigenvalue weighted by Gasteiger charge is 2.18. The van der Waals surface area contributed by atoms with Crippen LogP contribution in [0.1, 0.15) is 30.6 Å². The Morgan fingerprint density at radius 3 is 2.94 bits per heavy atom. The summed E-state index contributed by atoms with van der Waals surface area (Å²) in [5, 5.41) is 7.74. The van der Waals surface area contributed by atoms with Crippen LogP contribution in [-0.4, -0.2) is 15.3 Å². The Balaban J connectivity index is 2.25. The Hall–Kier alpha value is -0.300. The highest BCUT2D eigenvalue weighted by atomic mass is 79.9. The summed E-state index contributed by atoms with van der Waals surface area (Å²) in [6.45, 7) is 3.14. The fourth-order valence-electron chi connectivity index (χ4n) is 1.46. The molecule has 2 aromatic rings. The third-order valence-electron chi connectivity index (χ3n) is 2.23. The monoisotopic (exact) mass is 317 g/mol. The quantitative estimate of drug-likeness (QED) is 0.917. The first-order valence-corrected chi connectivity index (χ1v) is 7.52. The van der Waals surface area contributed by atoms with Crippen LogP contribution < -0.4 is 5.32 Å². The molecule has 0 aromatic carbocycles. The van der Waals surface area contributed by atoms with Crippen molar-refractivity contribution in [1.29, 1.82) is 0 Å². The first kappa shape index (κ1) is 12.2. The molecule has 0 fully saturated rings. The number of aromatic nitrogens is 2. The molecular weight excluding hydrogens is 306 g/mol. The maximum Gasteiger partial charge on any atom is 0.0958 e. The summed E-state index contributed by atoms with van der Waals surface area (Å²) in [4.78, 5) is 0. The van der Waals surface area contributed by atoms with Crippen LogP contribution in [0, 0.1) is 0 Å². The van der Waals surface area contributed by atoms with Gasteiger partial charge in [-0.2, -0.15) is 20.1 Å². The Kier molecular flexibility index (Phi) is 4.45. The summed E-state index contributed by atoms with van der Waals surface area (Å²) in [5.74, 6) is 0. The van der Waals surface area contributed by atoms with Crippen LogP contribution in [-0.2, 0) is 0 Å². The second kappa shape index (κ2) is 5.86. The number of nitrogens with one attached hydrogen (secondary N) is 1. The predicted octanol–water partition coefficient (Wildman–Crippen LogP) is 3.45. The van der Waals surface area contributed by atoms with Gasteiger partial charge in [-0.3, -0.25) is 0 Å². The molecule has 2 heterocycles. The zero-order chi connectivity index (χ0) is 11.4. The van der Waals surface area contributed by atoms with Crippen LogP contribution in [0.4, 0.5) is 0 Å². The minimum absolute atomic E-state index is 0.152. The maximum absolute atomic E-state index is 4.32. The van der Waals surface area contributed by atoms with Gasteiger partial charge in [0.1, 0.15) is 0 Å². The first-order chi connectivity index (χ1) is 7.83. The van der Waals surface area contributed by atoms with Crippen LogP contribution in [0.5, 0.6) is 0 Å². The van der Waals surface area contributed by atoms with E-state index in [1.807, 2.05) is 6.20 Å². The van der Waals surface area contributed by atoms with E-state index in [1.165, 1.54) is 17.3 Å². The van der Waals surface area contributed by atoms with Crippen LogP contribution in [0.3, 0.4) is 0 Å². The van der Waals surface area contributed by atoms with Crippen molar-refractivity contribution in [2.45, 2.75) is 19.4 Å². The molecule has 16 heavy (non-hydrogen) atoms. The smallest absolute Gasteiger partial charge is 0.0958 e. The lowest BCUT2D eigenvalue weighted by Gasteiger charge is -2.15. The molecule has 86 valence electrons. The highest BCUT2D eigenvalue weighted by molar-refractivity contribution is 9.10. The van der Waals surface area contributed by atoms with Crippen molar-refractivity contribution in [3.05, 3.63) is 32.7 Å². The molecule has 1 atom stereocenters. The van der Waals surface area contributed by atoms with Gasteiger partial charge in [0.15, 0.2) is 0 Å². The van der Waals surface area contributed by atoms with E-state index in [1.54, 1.807) is 11.3 Å². The van der Waals surface area contributed by atoms with Crippen LogP contribution in [0.2, 0.25) is 0 Å². The molecule has 0 saturated heterocycles. The second-order valence-corrected chi connectivity index (χ2v) is 5.55. The minimum atomic E-state index is 0.152. The molecule has 0 aliphatic rings. The number of thiophene rings is 1. The first-order valence-electron chi connectivity index (χ1n) is 5.05. The normalized spacial score (nSPS) is 12.9. The summed E-state index contributed by atoms with van der Waals surface area (Å²) in [6.07, 6.45) is 2.94. The molecule has 0 radical (unpaired) electrons. The SMILES string of the molecule is CCCNC(c1cnsn1)c1cscc1Br. The number of rotatable bonds is 5. The summed E-state index contributed by atoms with van der Waals surface area (Å²) in [7, 11) is 0. The predicted molar refractivity (Wildman–Crippen MR) is 72.1 cm³/mol. The third kappa shape index (κ3) is 2.68. The van der Waals surface area contributed by atoms with Gasteiger partial charge in [-0.05, 0) is 34.3 Å². The number of hydrogen-bond donors (Lipinski definition) is 1. The molecule has 1 N–H and O–H groups in total. The van der Waals surface area contributed by atoms with Crippen LogP contribution in [0.25, 0.3) is 0 Å². The van der Waals surface area contributed by atoms with Crippen molar-refractivity contribution in [2.75, 3.05) is 6.54 Å². The lowest BCUT2D eigenvalue weighted by Crippen LogP contribution is -2.23. The van der Waals surface area contributed by atoms with E-state index in [4.69, 9.17) is 0 Å². The van der Waals surface area contributed by atoms with E-state index in [0.29, 0.717) is 0 Å². The number of halogens is 1. The third-order valence-corrected chi connectivity index (χ3v) is 4.47. The fourth-order valence-corrected chi connectivity index (χ4v) is 3.46. The van der Waals surface area contributed by atoms with Crippen molar-refractivity contribution in [2.24, 2.45) is 0 Å². The summed E-state index contributed by atoms with van der Waals surface area (Å²) in [5.41, 5.74) is 2.24. The van der Waals surface area contributed by atoms with E-state index >= 15 is 0 Å². The Morgan fingerprint density at radius 2 is 2.38 bits per heavy atom. The molecule has 0 spiro atoms. The molecule has 0 amide bonds. The molecule has 2 rings (SSSR count).